The summed E-state index contributed by atoms with van der Waals surface area (Å²) in [5, 5.41) is 10.1. The Labute approximate surface area is 118 Å². The van der Waals surface area contributed by atoms with Gasteiger partial charge >= 0.3 is 0 Å². The Kier molecular flexibility index (Phi) is 4.99. The smallest absolute Gasteiger partial charge is 0.161 e. The lowest BCUT2D eigenvalue weighted by molar-refractivity contribution is 0.399. The number of hydrogen-bond donors (Lipinski definition) is 1. The van der Waals surface area contributed by atoms with E-state index < -0.39 is 0 Å². The number of methoxy groups -OCH3 is 1. The number of aryl methyl sites for hydroxylation is 1. The lowest BCUT2D eigenvalue weighted by atomic mass is 10.1. The van der Waals surface area contributed by atoms with Crippen molar-refractivity contribution < 1.29 is 4.74 Å². The van der Waals surface area contributed by atoms with Gasteiger partial charge < -0.3 is 10.1 Å². The Morgan fingerprint density at radius 2 is 2.32 bits per heavy atom. The number of nitrogens with zero attached hydrogens (tertiary/aromatic N) is 2. The minimum atomic E-state index is 0.150. The highest BCUT2D eigenvalue weighted by atomic mass is 32.1. The molecule has 2 heterocycles. The molecule has 104 valence electrons. The summed E-state index contributed by atoms with van der Waals surface area (Å²) in [7, 11) is 1.70. The van der Waals surface area contributed by atoms with Gasteiger partial charge in [-0.1, -0.05) is 13.0 Å². The first-order valence-corrected chi connectivity index (χ1v) is 7.56. The Bertz CT molecular complexity index is 471. The first-order valence-electron chi connectivity index (χ1n) is 6.68. The zero-order valence-corrected chi connectivity index (χ0v) is 12.5. The van der Waals surface area contributed by atoms with Crippen LogP contribution in [-0.4, -0.2) is 23.4 Å². The Morgan fingerprint density at radius 1 is 1.47 bits per heavy atom. The molecule has 0 radical (unpaired) electrons. The minimum Gasteiger partial charge on any atom is -0.493 e. The number of thiophene rings is 1. The lowest BCUT2D eigenvalue weighted by Crippen LogP contribution is -2.25. The van der Waals surface area contributed by atoms with Gasteiger partial charge in [0.05, 0.1) is 19.3 Å². The van der Waals surface area contributed by atoms with Crippen molar-refractivity contribution in [2.75, 3.05) is 13.7 Å². The van der Waals surface area contributed by atoms with Gasteiger partial charge in [-0.2, -0.15) is 5.10 Å². The summed E-state index contributed by atoms with van der Waals surface area (Å²) in [6.45, 7) is 6.09. The topological polar surface area (TPSA) is 39.1 Å². The van der Waals surface area contributed by atoms with Gasteiger partial charge in [0.25, 0.3) is 0 Å². The Balaban J connectivity index is 2.39. The van der Waals surface area contributed by atoms with Crippen molar-refractivity contribution in [3.05, 3.63) is 34.3 Å². The summed E-state index contributed by atoms with van der Waals surface area (Å²) in [6, 6.07) is 4.39. The van der Waals surface area contributed by atoms with Gasteiger partial charge in [-0.25, -0.2) is 0 Å². The largest absolute Gasteiger partial charge is 0.493 e. The molecule has 0 amide bonds. The molecule has 0 bridgehead atoms. The van der Waals surface area contributed by atoms with Crippen molar-refractivity contribution >= 4 is 11.3 Å². The van der Waals surface area contributed by atoms with Gasteiger partial charge in [0.15, 0.2) is 5.75 Å². The zero-order chi connectivity index (χ0) is 13.7. The fourth-order valence-corrected chi connectivity index (χ4v) is 2.96. The van der Waals surface area contributed by atoms with Crippen molar-refractivity contribution in [1.29, 1.82) is 0 Å². The molecule has 2 aromatic heterocycles. The van der Waals surface area contributed by atoms with E-state index in [9.17, 15) is 0 Å². The monoisotopic (exact) mass is 279 g/mol. The Hall–Kier alpha value is -1.33. The third-order valence-corrected chi connectivity index (χ3v) is 4.00. The summed E-state index contributed by atoms with van der Waals surface area (Å²) in [6.07, 6.45) is 2.90. The molecule has 2 aromatic rings. The standard InChI is InChI=1S/C14H21N3OS/c1-4-8-15-13(12-7-6-9-19-12)14-11(18-3)10-16-17(14)5-2/h6-7,9-10,13,15H,4-5,8H2,1-3H3. The molecular formula is C14H21N3OS. The van der Waals surface area contributed by atoms with Crippen molar-refractivity contribution in [3.8, 4) is 5.75 Å². The second-order valence-corrected chi connectivity index (χ2v) is 5.30. The van der Waals surface area contributed by atoms with Crippen LogP contribution in [0.4, 0.5) is 0 Å². The summed E-state index contributed by atoms with van der Waals surface area (Å²) in [5.74, 6) is 0.851. The van der Waals surface area contributed by atoms with E-state index in [4.69, 9.17) is 4.74 Å². The predicted molar refractivity (Wildman–Crippen MR) is 78.9 cm³/mol. The SMILES string of the molecule is CCCNC(c1cccs1)c1c(OC)cnn1CC. The fraction of sp³-hybridized carbons (Fsp3) is 0.500. The molecule has 0 spiro atoms. The van der Waals surface area contributed by atoms with Crippen LogP contribution in [0.3, 0.4) is 0 Å². The van der Waals surface area contributed by atoms with Crippen molar-refractivity contribution in [2.24, 2.45) is 0 Å². The lowest BCUT2D eigenvalue weighted by Gasteiger charge is -2.19. The van der Waals surface area contributed by atoms with Gasteiger partial charge in [0.1, 0.15) is 5.69 Å². The number of hydrogen-bond acceptors (Lipinski definition) is 4. The molecule has 0 aliphatic heterocycles. The molecular weight excluding hydrogens is 258 g/mol. The maximum absolute atomic E-state index is 5.47. The average molecular weight is 279 g/mol. The van der Waals surface area contributed by atoms with Crippen LogP contribution in [0.15, 0.2) is 23.7 Å². The molecule has 4 nitrogen and oxygen atoms in total. The molecule has 1 unspecified atom stereocenters. The third-order valence-electron chi connectivity index (χ3n) is 3.06. The number of ether oxygens (including phenoxy) is 1. The molecule has 2 rings (SSSR count). The van der Waals surface area contributed by atoms with Crippen LogP contribution in [0.2, 0.25) is 0 Å². The minimum absolute atomic E-state index is 0.150. The second kappa shape index (κ2) is 6.73. The van der Waals surface area contributed by atoms with Crippen LogP contribution in [0.1, 0.15) is 36.9 Å². The van der Waals surface area contributed by atoms with Gasteiger partial charge in [-0.3, -0.25) is 4.68 Å². The fourth-order valence-electron chi connectivity index (χ4n) is 2.15. The highest BCUT2D eigenvalue weighted by molar-refractivity contribution is 7.10. The van der Waals surface area contributed by atoms with E-state index in [1.165, 1.54) is 4.88 Å². The molecule has 1 atom stereocenters. The van der Waals surface area contributed by atoms with E-state index in [1.807, 2.05) is 4.68 Å². The van der Waals surface area contributed by atoms with Gasteiger partial charge in [-0.05, 0) is 31.3 Å². The molecule has 1 N–H and O–H groups in total. The van der Waals surface area contributed by atoms with E-state index >= 15 is 0 Å². The van der Waals surface area contributed by atoms with Crippen molar-refractivity contribution in [2.45, 2.75) is 32.9 Å². The van der Waals surface area contributed by atoms with Crippen LogP contribution < -0.4 is 10.1 Å². The van der Waals surface area contributed by atoms with Gasteiger partial charge in [-0.15, -0.1) is 11.3 Å². The zero-order valence-electron chi connectivity index (χ0n) is 11.7. The van der Waals surface area contributed by atoms with Crippen LogP contribution in [0, 0.1) is 0 Å². The maximum atomic E-state index is 5.47. The van der Waals surface area contributed by atoms with E-state index in [0.717, 1.165) is 31.0 Å². The average Bonchev–Trinajstić information content (AvgIpc) is 3.08. The molecule has 0 aliphatic rings. The van der Waals surface area contributed by atoms with Crippen LogP contribution >= 0.6 is 11.3 Å². The predicted octanol–water partition coefficient (Wildman–Crippen LogP) is 3.06. The summed E-state index contributed by atoms with van der Waals surface area (Å²) in [4.78, 5) is 1.29. The summed E-state index contributed by atoms with van der Waals surface area (Å²) >= 11 is 1.76. The maximum Gasteiger partial charge on any atom is 0.161 e. The van der Waals surface area contributed by atoms with Gasteiger partial charge in [0.2, 0.25) is 0 Å². The first-order chi connectivity index (χ1) is 9.31. The van der Waals surface area contributed by atoms with Crippen LogP contribution in [-0.2, 0) is 6.54 Å². The van der Waals surface area contributed by atoms with Crippen molar-refractivity contribution in [3.63, 3.8) is 0 Å². The third kappa shape index (κ3) is 2.98. The first kappa shape index (κ1) is 14.1. The van der Waals surface area contributed by atoms with E-state index in [2.05, 4.69) is 41.8 Å². The quantitative estimate of drug-likeness (QED) is 0.846. The highest BCUT2D eigenvalue weighted by Gasteiger charge is 2.23. The second-order valence-electron chi connectivity index (χ2n) is 4.32. The Morgan fingerprint density at radius 3 is 2.89 bits per heavy atom. The molecule has 0 aliphatic carbocycles. The van der Waals surface area contributed by atoms with Gasteiger partial charge in [0, 0.05) is 11.4 Å². The number of nitrogens with one attached hydrogen (secondary N) is 1. The van der Waals surface area contributed by atoms with E-state index in [1.54, 1.807) is 24.6 Å². The molecule has 0 fully saturated rings. The van der Waals surface area contributed by atoms with Crippen LogP contribution in [0.5, 0.6) is 5.75 Å². The molecule has 0 saturated carbocycles. The summed E-state index contributed by atoms with van der Waals surface area (Å²) in [5.41, 5.74) is 1.11. The highest BCUT2D eigenvalue weighted by Crippen LogP contribution is 2.32. The molecule has 5 heteroatoms. The molecule has 19 heavy (non-hydrogen) atoms. The van der Waals surface area contributed by atoms with Crippen LogP contribution in [0.25, 0.3) is 0 Å². The summed E-state index contributed by atoms with van der Waals surface area (Å²) < 4.78 is 7.47. The molecule has 0 saturated heterocycles. The van der Waals surface area contributed by atoms with E-state index in [-0.39, 0.29) is 6.04 Å². The number of aromatic nitrogens is 2. The normalized spacial score (nSPS) is 12.6. The van der Waals surface area contributed by atoms with E-state index in [0.29, 0.717) is 0 Å². The van der Waals surface area contributed by atoms with Crippen molar-refractivity contribution in [1.82, 2.24) is 15.1 Å². The molecule has 0 aromatic carbocycles. The number of rotatable bonds is 7.